The number of nitrogens with zero attached hydrogens (tertiary/aromatic N) is 1. The third kappa shape index (κ3) is 5.39. The van der Waals surface area contributed by atoms with Crippen molar-refractivity contribution in [3.63, 3.8) is 0 Å². The maximum absolute atomic E-state index is 3.68. The summed E-state index contributed by atoms with van der Waals surface area (Å²) in [7, 11) is 2.31. The Morgan fingerprint density at radius 3 is 1.88 bits per heavy atom. The van der Waals surface area contributed by atoms with Crippen molar-refractivity contribution in [1.29, 1.82) is 0 Å². The van der Waals surface area contributed by atoms with Gasteiger partial charge in [0.1, 0.15) is 0 Å². The quantitative estimate of drug-likeness (QED) is 0.629. The van der Waals surface area contributed by atoms with Crippen molar-refractivity contribution in [3.05, 3.63) is 0 Å². The molecule has 0 rings (SSSR count). The second kappa shape index (κ2) is 9.90. The van der Waals surface area contributed by atoms with Gasteiger partial charge in [-0.3, -0.25) is 4.90 Å². The van der Waals surface area contributed by atoms with Crippen LogP contribution >= 0.6 is 0 Å². The van der Waals surface area contributed by atoms with E-state index in [-0.39, 0.29) is 0 Å². The molecule has 0 aromatic carbocycles. The number of likely N-dealkylation sites (N-methyl/N-ethyl adjacent to an activating group) is 2. The topological polar surface area (TPSA) is 15.3 Å². The van der Waals surface area contributed by atoms with E-state index in [9.17, 15) is 0 Å². The fourth-order valence-corrected chi connectivity index (χ4v) is 3.00. The highest BCUT2D eigenvalue weighted by molar-refractivity contribution is 4.84. The van der Waals surface area contributed by atoms with Gasteiger partial charge in [-0.1, -0.05) is 41.0 Å². The van der Waals surface area contributed by atoms with Crippen LogP contribution < -0.4 is 5.32 Å². The molecule has 0 radical (unpaired) electrons. The molecule has 0 aliphatic carbocycles. The Balaban J connectivity index is 4.62. The standard InChI is InChI=1S/C15H34N2/c1-7-12-14(16-11-5)15(10-4)17(6)13(8-2)9-3/h13-16H,7-12H2,1-6H3. The van der Waals surface area contributed by atoms with Crippen LogP contribution in [0, 0.1) is 0 Å². The fraction of sp³-hybridized carbons (Fsp3) is 1.00. The van der Waals surface area contributed by atoms with E-state index < -0.39 is 0 Å². The van der Waals surface area contributed by atoms with E-state index in [4.69, 9.17) is 0 Å². The van der Waals surface area contributed by atoms with Crippen LogP contribution in [0.3, 0.4) is 0 Å². The van der Waals surface area contributed by atoms with E-state index in [2.05, 4.69) is 51.9 Å². The van der Waals surface area contributed by atoms with Gasteiger partial charge in [-0.2, -0.15) is 0 Å². The summed E-state index contributed by atoms with van der Waals surface area (Å²) in [4.78, 5) is 2.61. The minimum atomic E-state index is 0.653. The van der Waals surface area contributed by atoms with Gasteiger partial charge in [-0.25, -0.2) is 0 Å². The Kier molecular flexibility index (Phi) is 9.85. The van der Waals surface area contributed by atoms with Gasteiger partial charge in [0, 0.05) is 18.1 Å². The van der Waals surface area contributed by atoms with Gasteiger partial charge in [0.05, 0.1) is 0 Å². The van der Waals surface area contributed by atoms with E-state index in [1.807, 2.05) is 0 Å². The van der Waals surface area contributed by atoms with Gasteiger partial charge < -0.3 is 5.32 Å². The summed E-state index contributed by atoms with van der Waals surface area (Å²) in [5.74, 6) is 0. The van der Waals surface area contributed by atoms with Crippen molar-refractivity contribution >= 4 is 0 Å². The lowest BCUT2D eigenvalue weighted by molar-refractivity contribution is 0.123. The Hall–Kier alpha value is -0.0800. The highest BCUT2D eigenvalue weighted by Crippen LogP contribution is 2.18. The van der Waals surface area contributed by atoms with E-state index in [1.165, 1.54) is 32.1 Å². The molecular weight excluding hydrogens is 208 g/mol. The molecule has 2 atom stereocenters. The van der Waals surface area contributed by atoms with E-state index in [0.29, 0.717) is 12.1 Å². The Bertz CT molecular complexity index is 158. The maximum Gasteiger partial charge on any atom is 0.0246 e. The van der Waals surface area contributed by atoms with Gasteiger partial charge in [0.25, 0.3) is 0 Å². The first-order valence-electron chi connectivity index (χ1n) is 7.61. The third-order valence-corrected chi connectivity index (χ3v) is 3.99. The number of nitrogens with one attached hydrogen (secondary N) is 1. The van der Waals surface area contributed by atoms with Crippen LogP contribution in [0.1, 0.15) is 66.7 Å². The Labute approximate surface area is 109 Å². The molecule has 17 heavy (non-hydrogen) atoms. The molecule has 104 valence electrons. The van der Waals surface area contributed by atoms with Crippen molar-refractivity contribution in [2.24, 2.45) is 0 Å². The molecule has 2 nitrogen and oxygen atoms in total. The van der Waals surface area contributed by atoms with Crippen LogP contribution in [0.15, 0.2) is 0 Å². The summed E-state index contributed by atoms with van der Waals surface area (Å²) in [5, 5.41) is 3.68. The lowest BCUT2D eigenvalue weighted by atomic mass is 9.97. The second-order valence-electron chi connectivity index (χ2n) is 5.06. The van der Waals surface area contributed by atoms with Crippen molar-refractivity contribution < 1.29 is 0 Å². The zero-order chi connectivity index (χ0) is 13.3. The van der Waals surface area contributed by atoms with E-state index in [1.54, 1.807) is 0 Å². The minimum absolute atomic E-state index is 0.653. The lowest BCUT2D eigenvalue weighted by Crippen LogP contribution is -2.51. The van der Waals surface area contributed by atoms with Gasteiger partial charge in [0.2, 0.25) is 0 Å². The molecule has 0 amide bonds. The molecule has 1 N–H and O–H groups in total. The molecule has 0 saturated carbocycles. The predicted octanol–water partition coefficient (Wildman–Crippen LogP) is 3.66. The molecule has 0 spiro atoms. The molecule has 0 aliphatic heterocycles. The van der Waals surface area contributed by atoms with Crippen LogP contribution in [0.4, 0.5) is 0 Å². The number of hydrogen-bond acceptors (Lipinski definition) is 2. The zero-order valence-electron chi connectivity index (χ0n) is 12.9. The normalized spacial score (nSPS) is 15.5. The summed E-state index contributed by atoms with van der Waals surface area (Å²) in [5.41, 5.74) is 0. The summed E-state index contributed by atoms with van der Waals surface area (Å²) < 4.78 is 0. The molecule has 2 unspecified atom stereocenters. The van der Waals surface area contributed by atoms with Crippen molar-refractivity contribution in [2.75, 3.05) is 13.6 Å². The molecule has 0 fully saturated rings. The monoisotopic (exact) mass is 242 g/mol. The maximum atomic E-state index is 3.68. The van der Waals surface area contributed by atoms with Crippen LogP contribution in [0.25, 0.3) is 0 Å². The molecule has 0 bridgehead atoms. The molecule has 0 aromatic rings. The molecular formula is C15H34N2. The van der Waals surface area contributed by atoms with Crippen LogP contribution in [-0.4, -0.2) is 36.6 Å². The fourth-order valence-electron chi connectivity index (χ4n) is 3.00. The summed E-state index contributed by atoms with van der Waals surface area (Å²) >= 11 is 0. The Morgan fingerprint density at radius 2 is 1.53 bits per heavy atom. The van der Waals surface area contributed by atoms with Crippen molar-refractivity contribution in [3.8, 4) is 0 Å². The van der Waals surface area contributed by atoms with Crippen molar-refractivity contribution in [1.82, 2.24) is 10.2 Å². The van der Waals surface area contributed by atoms with E-state index >= 15 is 0 Å². The van der Waals surface area contributed by atoms with Crippen LogP contribution in [0.5, 0.6) is 0 Å². The second-order valence-corrected chi connectivity index (χ2v) is 5.06. The molecule has 0 heterocycles. The van der Waals surface area contributed by atoms with Gasteiger partial charge in [-0.05, 0) is 39.3 Å². The average Bonchev–Trinajstić information content (AvgIpc) is 2.32. The van der Waals surface area contributed by atoms with Crippen LogP contribution in [0.2, 0.25) is 0 Å². The summed E-state index contributed by atoms with van der Waals surface area (Å²) in [6.07, 6.45) is 6.31. The molecule has 2 heteroatoms. The van der Waals surface area contributed by atoms with E-state index in [0.717, 1.165) is 12.6 Å². The summed E-state index contributed by atoms with van der Waals surface area (Å²) in [6.45, 7) is 12.5. The zero-order valence-corrected chi connectivity index (χ0v) is 12.9. The first-order valence-corrected chi connectivity index (χ1v) is 7.61. The van der Waals surface area contributed by atoms with Gasteiger partial charge >= 0.3 is 0 Å². The highest BCUT2D eigenvalue weighted by atomic mass is 15.2. The summed E-state index contributed by atoms with van der Waals surface area (Å²) in [6, 6.07) is 2.07. The third-order valence-electron chi connectivity index (χ3n) is 3.99. The SMILES string of the molecule is CCCC(NCC)C(CC)N(C)C(CC)CC. The largest absolute Gasteiger partial charge is 0.313 e. The first kappa shape index (κ1) is 16.9. The number of rotatable bonds is 10. The first-order chi connectivity index (χ1) is 8.15. The van der Waals surface area contributed by atoms with Crippen LogP contribution in [-0.2, 0) is 0 Å². The van der Waals surface area contributed by atoms with Gasteiger partial charge in [0.15, 0.2) is 0 Å². The minimum Gasteiger partial charge on any atom is -0.313 e. The highest BCUT2D eigenvalue weighted by Gasteiger charge is 2.25. The predicted molar refractivity (Wildman–Crippen MR) is 78.6 cm³/mol. The lowest BCUT2D eigenvalue weighted by Gasteiger charge is -2.39. The molecule has 0 aromatic heterocycles. The molecule has 0 aliphatic rings. The average molecular weight is 242 g/mol. The number of hydrogen-bond donors (Lipinski definition) is 1. The van der Waals surface area contributed by atoms with Gasteiger partial charge in [-0.15, -0.1) is 0 Å². The van der Waals surface area contributed by atoms with Crippen molar-refractivity contribution in [2.45, 2.75) is 84.8 Å². The molecule has 0 saturated heterocycles. The Morgan fingerprint density at radius 1 is 0.941 bits per heavy atom. The smallest absolute Gasteiger partial charge is 0.0246 e.